The van der Waals surface area contributed by atoms with E-state index in [4.69, 9.17) is 18.0 Å². The number of halogens is 3. The molecule has 2 aromatic carbocycles. The number of nitrogens with two attached hydrogens (primary N) is 1. The molecule has 3 N–H and O–H groups in total. The highest BCUT2D eigenvalue weighted by Gasteiger charge is 2.30. The molecule has 23 heavy (non-hydrogen) atoms. The average molecular weight is 337 g/mol. The Morgan fingerprint density at radius 3 is 2.30 bits per heavy atom. The maximum absolute atomic E-state index is 12.9. The van der Waals surface area contributed by atoms with Gasteiger partial charge in [0.15, 0.2) is 5.11 Å². The predicted molar refractivity (Wildman–Crippen MR) is 88.2 cm³/mol. The lowest BCUT2D eigenvalue weighted by Gasteiger charge is -2.11. The van der Waals surface area contributed by atoms with Crippen LogP contribution in [-0.2, 0) is 6.18 Å². The molecule has 0 unspecified atom stereocenters. The zero-order valence-electron chi connectivity index (χ0n) is 12.2. The molecular formula is C16H14F3N3S. The molecule has 2 aromatic rings. The van der Waals surface area contributed by atoms with Crippen molar-refractivity contribution in [1.82, 2.24) is 5.43 Å². The van der Waals surface area contributed by atoms with Gasteiger partial charge in [-0.15, -0.1) is 0 Å². The predicted octanol–water partition coefficient (Wildman–Crippen LogP) is 3.60. The molecule has 0 heterocycles. The molecule has 0 atom stereocenters. The SMILES string of the molecule is Cc1ccc(/C(=N/NC(N)=S)c2cccc(C(F)(F)F)c2)cc1. The first kappa shape index (κ1) is 17.0. The van der Waals surface area contributed by atoms with Crippen molar-refractivity contribution in [2.24, 2.45) is 10.8 Å². The highest BCUT2D eigenvalue weighted by atomic mass is 32.1. The van der Waals surface area contributed by atoms with Crippen molar-refractivity contribution in [2.45, 2.75) is 13.1 Å². The summed E-state index contributed by atoms with van der Waals surface area (Å²) in [4.78, 5) is 0. The molecule has 0 radical (unpaired) electrons. The standard InChI is InChI=1S/C16H14F3N3S/c1-10-5-7-11(8-6-10)14(21-22-15(20)23)12-3-2-4-13(9-12)16(17,18)19/h2-9H,1H3,(H3,20,22,23)/b21-14-. The van der Waals surface area contributed by atoms with Crippen LogP contribution in [0.25, 0.3) is 0 Å². The normalized spacial score (nSPS) is 12.1. The zero-order valence-corrected chi connectivity index (χ0v) is 13.0. The number of nitrogens with zero attached hydrogens (tertiary/aromatic N) is 1. The van der Waals surface area contributed by atoms with E-state index < -0.39 is 11.7 Å². The van der Waals surface area contributed by atoms with Crippen molar-refractivity contribution in [3.8, 4) is 0 Å². The van der Waals surface area contributed by atoms with Crippen LogP contribution in [0.15, 0.2) is 53.6 Å². The third kappa shape index (κ3) is 4.53. The maximum atomic E-state index is 12.9. The van der Waals surface area contributed by atoms with Crippen LogP contribution in [0.1, 0.15) is 22.3 Å². The topological polar surface area (TPSA) is 50.4 Å². The van der Waals surface area contributed by atoms with Crippen molar-refractivity contribution in [2.75, 3.05) is 0 Å². The van der Waals surface area contributed by atoms with Gasteiger partial charge in [-0.05, 0) is 31.3 Å². The Morgan fingerprint density at radius 1 is 1.09 bits per heavy atom. The largest absolute Gasteiger partial charge is 0.416 e. The van der Waals surface area contributed by atoms with Gasteiger partial charge in [0.1, 0.15) is 0 Å². The fraction of sp³-hybridized carbons (Fsp3) is 0.125. The average Bonchev–Trinajstić information content (AvgIpc) is 2.48. The van der Waals surface area contributed by atoms with E-state index in [1.165, 1.54) is 6.07 Å². The summed E-state index contributed by atoms with van der Waals surface area (Å²) in [6, 6.07) is 12.2. The minimum Gasteiger partial charge on any atom is -0.375 e. The first-order valence-corrected chi connectivity index (χ1v) is 7.06. The van der Waals surface area contributed by atoms with E-state index in [1.807, 2.05) is 19.1 Å². The fourth-order valence-corrected chi connectivity index (χ4v) is 2.01. The minimum absolute atomic E-state index is 0.0680. The summed E-state index contributed by atoms with van der Waals surface area (Å²) >= 11 is 4.70. The summed E-state index contributed by atoms with van der Waals surface area (Å²) in [7, 11) is 0. The van der Waals surface area contributed by atoms with Crippen LogP contribution in [0.3, 0.4) is 0 Å². The van der Waals surface area contributed by atoms with Crippen molar-refractivity contribution < 1.29 is 13.2 Å². The number of hydrogen-bond acceptors (Lipinski definition) is 2. The van der Waals surface area contributed by atoms with E-state index in [1.54, 1.807) is 18.2 Å². The number of benzene rings is 2. The zero-order chi connectivity index (χ0) is 17.0. The van der Waals surface area contributed by atoms with Crippen LogP contribution in [-0.4, -0.2) is 10.8 Å². The molecule has 3 nitrogen and oxygen atoms in total. The van der Waals surface area contributed by atoms with Gasteiger partial charge < -0.3 is 5.73 Å². The van der Waals surface area contributed by atoms with Gasteiger partial charge in [0, 0.05) is 11.1 Å². The van der Waals surface area contributed by atoms with Crippen molar-refractivity contribution in [3.63, 3.8) is 0 Å². The molecule has 0 bridgehead atoms. The third-order valence-electron chi connectivity index (χ3n) is 3.07. The van der Waals surface area contributed by atoms with Gasteiger partial charge in [0.25, 0.3) is 0 Å². The minimum atomic E-state index is -4.43. The third-order valence-corrected chi connectivity index (χ3v) is 3.16. The van der Waals surface area contributed by atoms with E-state index in [-0.39, 0.29) is 5.11 Å². The molecule has 0 amide bonds. The lowest BCUT2D eigenvalue weighted by molar-refractivity contribution is -0.137. The lowest BCUT2D eigenvalue weighted by atomic mass is 9.99. The highest BCUT2D eigenvalue weighted by molar-refractivity contribution is 7.80. The molecule has 2 rings (SSSR count). The van der Waals surface area contributed by atoms with Gasteiger partial charge in [0.05, 0.1) is 11.3 Å². The first-order valence-electron chi connectivity index (χ1n) is 6.65. The van der Waals surface area contributed by atoms with Crippen LogP contribution in [0.5, 0.6) is 0 Å². The van der Waals surface area contributed by atoms with Crippen molar-refractivity contribution in [3.05, 3.63) is 70.8 Å². The monoisotopic (exact) mass is 337 g/mol. The smallest absolute Gasteiger partial charge is 0.375 e. The van der Waals surface area contributed by atoms with Crippen LogP contribution in [0, 0.1) is 6.92 Å². The number of hydrazone groups is 1. The molecule has 0 saturated heterocycles. The van der Waals surface area contributed by atoms with Crippen molar-refractivity contribution in [1.29, 1.82) is 0 Å². The number of aryl methyl sites for hydroxylation is 1. The Bertz CT molecular complexity index is 737. The van der Waals surface area contributed by atoms with E-state index in [9.17, 15) is 13.2 Å². The maximum Gasteiger partial charge on any atom is 0.416 e. The Kier molecular flexibility index (Phi) is 5.00. The number of rotatable bonds is 3. The summed E-state index contributed by atoms with van der Waals surface area (Å²) in [6.45, 7) is 1.91. The van der Waals surface area contributed by atoms with Crippen LogP contribution < -0.4 is 11.2 Å². The molecule has 0 aliphatic rings. The Balaban J connectivity index is 2.52. The molecule has 0 fully saturated rings. The molecule has 0 saturated carbocycles. The van der Waals surface area contributed by atoms with E-state index in [0.29, 0.717) is 16.8 Å². The Labute approximate surface area is 137 Å². The number of thiocarbonyl (C=S) groups is 1. The second kappa shape index (κ2) is 6.78. The Hall–Kier alpha value is -2.41. The molecule has 0 spiro atoms. The molecule has 0 aliphatic heterocycles. The van der Waals surface area contributed by atoms with Crippen LogP contribution in [0.4, 0.5) is 13.2 Å². The molecule has 7 heteroatoms. The van der Waals surface area contributed by atoms with Crippen LogP contribution in [0.2, 0.25) is 0 Å². The number of nitrogens with one attached hydrogen (secondary N) is 1. The second-order valence-corrected chi connectivity index (χ2v) is 5.32. The molecule has 0 aliphatic carbocycles. The summed E-state index contributed by atoms with van der Waals surface area (Å²) < 4.78 is 38.7. The fourth-order valence-electron chi connectivity index (χ4n) is 1.96. The molecular weight excluding hydrogens is 323 g/mol. The van der Waals surface area contributed by atoms with E-state index in [0.717, 1.165) is 17.7 Å². The Morgan fingerprint density at radius 2 is 1.74 bits per heavy atom. The van der Waals surface area contributed by atoms with Gasteiger partial charge >= 0.3 is 6.18 Å². The summed E-state index contributed by atoms with van der Waals surface area (Å²) in [5.74, 6) is 0. The molecule has 0 aromatic heterocycles. The quantitative estimate of drug-likeness (QED) is 0.511. The van der Waals surface area contributed by atoms with Gasteiger partial charge in [-0.2, -0.15) is 18.3 Å². The van der Waals surface area contributed by atoms with Crippen LogP contribution >= 0.6 is 12.2 Å². The molecule has 120 valence electrons. The summed E-state index contributed by atoms with van der Waals surface area (Å²) in [6.07, 6.45) is -4.43. The second-order valence-electron chi connectivity index (χ2n) is 4.88. The lowest BCUT2D eigenvalue weighted by Crippen LogP contribution is -2.26. The van der Waals surface area contributed by atoms with E-state index >= 15 is 0 Å². The summed E-state index contributed by atoms with van der Waals surface area (Å²) in [5.41, 5.74) is 9.35. The number of alkyl halides is 3. The highest BCUT2D eigenvalue weighted by Crippen LogP contribution is 2.30. The first-order chi connectivity index (χ1) is 10.8. The summed E-state index contributed by atoms with van der Waals surface area (Å²) in [5, 5.41) is 3.98. The number of hydrogen-bond donors (Lipinski definition) is 2. The van der Waals surface area contributed by atoms with Gasteiger partial charge in [-0.3, -0.25) is 5.43 Å². The van der Waals surface area contributed by atoms with Gasteiger partial charge in [-0.1, -0.05) is 42.0 Å². The van der Waals surface area contributed by atoms with Crippen molar-refractivity contribution >= 4 is 23.0 Å². The van der Waals surface area contributed by atoms with E-state index in [2.05, 4.69) is 10.5 Å². The van der Waals surface area contributed by atoms with Gasteiger partial charge in [-0.25, -0.2) is 0 Å². The van der Waals surface area contributed by atoms with Gasteiger partial charge in [0.2, 0.25) is 0 Å².